The molecule has 1 N–H and O–H groups in total. The van der Waals surface area contributed by atoms with Crippen molar-refractivity contribution >= 4 is 33.8 Å². The summed E-state index contributed by atoms with van der Waals surface area (Å²) in [6.45, 7) is 5.79. The molecule has 1 saturated heterocycles. The van der Waals surface area contributed by atoms with E-state index in [0.29, 0.717) is 16.7 Å². The van der Waals surface area contributed by atoms with Crippen molar-refractivity contribution in [2.45, 2.75) is 45.4 Å². The van der Waals surface area contributed by atoms with Crippen molar-refractivity contribution in [3.05, 3.63) is 38.9 Å². The number of benzene rings is 1. The third-order valence-electron chi connectivity index (χ3n) is 4.88. The highest BCUT2D eigenvalue weighted by Gasteiger charge is 2.24. The van der Waals surface area contributed by atoms with E-state index in [4.69, 9.17) is 0 Å². The molecule has 8 nitrogen and oxygen atoms in total. The highest BCUT2D eigenvalue weighted by atomic mass is 32.1. The Morgan fingerprint density at radius 2 is 2.00 bits per heavy atom. The first kappa shape index (κ1) is 19.2. The van der Waals surface area contributed by atoms with Crippen LogP contribution in [0.2, 0.25) is 0 Å². The molecule has 0 atom stereocenters. The Morgan fingerprint density at radius 3 is 2.63 bits per heavy atom. The first-order chi connectivity index (χ1) is 13.0. The Hall–Kier alpha value is -2.55. The second kappa shape index (κ2) is 8.43. The third-order valence-corrected chi connectivity index (χ3v) is 5.88. The maximum atomic E-state index is 12.5. The number of aromatic nitrogens is 2. The highest BCUT2D eigenvalue weighted by molar-refractivity contribution is 7.15. The SMILES string of the molecule is CCC(CC)c1nnc(NC(=O)c2ccc(N3CCCC3)c([N+](=O)[O-])c2)s1. The van der Waals surface area contributed by atoms with E-state index in [1.54, 1.807) is 12.1 Å². The zero-order valence-corrected chi connectivity index (χ0v) is 16.3. The van der Waals surface area contributed by atoms with Crippen LogP contribution in [0.1, 0.15) is 60.8 Å². The standard InChI is InChI=1S/C18H23N5O3S/c1-3-12(4-2)17-20-21-18(27-17)19-16(24)13-7-8-14(15(11-13)23(25)26)22-9-5-6-10-22/h7-8,11-12H,3-6,9-10H2,1-2H3,(H,19,21,24). The van der Waals surface area contributed by atoms with E-state index in [-0.39, 0.29) is 11.3 Å². The number of anilines is 2. The van der Waals surface area contributed by atoms with Crippen LogP contribution in [0.25, 0.3) is 0 Å². The summed E-state index contributed by atoms with van der Waals surface area (Å²) >= 11 is 1.35. The predicted octanol–water partition coefficient (Wildman–Crippen LogP) is 4.20. The topological polar surface area (TPSA) is 101 Å². The number of nitro benzene ring substituents is 1. The zero-order chi connectivity index (χ0) is 19.4. The van der Waals surface area contributed by atoms with Gasteiger partial charge in [0.15, 0.2) is 0 Å². The molecular formula is C18H23N5O3S. The number of carbonyl (C=O) groups is 1. The van der Waals surface area contributed by atoms with E-state index in [9.17, 15) is 14.9 Å². The van der Waals surface area contributed by atoms with Crippen molar-refractivity contribution in [3.8, 4) is 0 Å². The van der Waals surface area contributed by atoms with Gasteiger partial charge in [0.05, 0.1) is 4.92 Å². The molecule has 1 amide bonds. The van der Waals surface area contributed by atoms with Crippen LogP contribution in [-0.2, 0) is 0 Å². The summed E-state index contributed by atoms with van der Waals surface area (Å²) in [4.78, 5) is 25.6. The average Bonchev–Trinajstić information content (AvgIpc) is 3.34. The molecular weight excluding hydrogens is 366 g/mol. The van der Waals surface area contributed by atoms with Gasteiger partial charge in [-0.15, -0.1) is 10.2 Å². The number of hydrogen-bond acceptors (Lipinski definition) is 7. The molecule has 0 unspecified atom stereocenters. The van der Waals surface area contributed by atoms with Crippen molar-refractivity contribution in [2.75, 3.05) is 23.3 Å². The van der Waals surface area contributed by atoms with Crippen LogP contribution < -0.4 is 10.2 Å². The number of nitrogens with zero attached hydrogens (tertiary/aromatic N) is 4. The molecule has 1 aromatic heterocycles. The molecule has 0 spiro atoms. The Balaban J connectivity index is 1.78. The molecule has 144 valence electrons. The number of hydrogen-bond donors (Lipinski definition) is 1. The van der Waals surface area contributed by atoms with Crippen LogP contribution >= 0.6 is 11.3 Å². The summed E-state index contributed by atoms with van der Waals surface area (Å²) in [6.07, 6.45) is 3.97. The lowest BCUT2D eigenvalue weighted by molar-refractivity contribution is -0.384. The number of carbonyl (C=O) groups excluding carboxylic acids is 1. The molecule has 2 aromatic rings. The van der Waals surface area contributed by atoms with Crippen LogP contribution in [0.15, 0.2) is 18.2 Å². The summed E-state index contributed by atoms with van der Waals surface area (Å²) < 4.78 is 0. The van der Waals surface area contributed by atoms with Crippen molar-refractivity contribution in [3.63, 3.8) is 0 Å². The summed E-state index contributed by atoms with van der Waals surface area (Å²) in [5, 5.41) is 23.7. The quantitative estimate of drug-likeness (QED) is 0.562. The summed E-state index contributed by atoms with van der Waals surface area (Å²) in [6, 6.07) is 4.62. The number of nitrogens with one attached hydrogen (secondary N) is 1. The maximum absolute atomic E-state index is 12.5. The maximum Gasteiger partial charge on any atom is 0.293 e. The van der Waals surface area contributed by atoms with E-state index < -0.39 is 10.8 Å². The molecule has 0 saturated carbocycles. The molecule has 1 aliphatic heterocycles. The normalized spacial score (nSPS) is 14.0. The van der Waals surface area contributed by atoms with Gasteiger partial charge in [-0.05, 0) is 37.8 Å². The first-order valence-corrected chi connectivity index (χ1v) is 10.0. The van der Waals surface area contributed by atoms with Crippen LogP contribution in [0.5, 0.6) is 0 Å². The fourth-order valence-electron chi connectivity index (χ4n) is 3.29. The number of nitro groups is 1. The molecule has 3 rings (SSSR count). The van der Waals surface area contributed by atoms with Crippen LogP contribution in [-0.4, -0.2) is 34.1 Å². The van der Waals surface area contributed by atoms with Crippen molar-refractivity contribution in [1.29, 1.82) is 0 Å². The minimum Gasteiger partial charge on any atom is -0.366 e. The monoisotopic (exact) mass is 389 g/mol. The van der Waals surface area contributed by atoms with E-state index in [1.165, 1.54) is 17.4 Å². The fourth-order valence-corrected chi connectivity index (χ4v) is 4.30. The first-order valence-electron chi connectivity index (χ1n) is 9.21. The Labute approximate surface area is 161 Å². The van der Waals surface area contributed by atoms with Crippen LogP contribution in [0, 0.1) is 10.1 Å². The molecule has 0 aliphatic carbocycles. The van der Waals surface area contributed by atoms with Crippen molar-refractivity contribution in [2.24, 2.45) is 0 Å². The second-order valence-electron chi connectivity index (χ2n) is 6.57. The third kappa shape index (κ3) is 4.24. The van der Waals surface area contributed by atoms with E-state index >= 15 is 0 Å². The molecule has 0 radical (unpaired) electrons. The molecule has 0 bridgehead atoms. The molecule has 27 heavy (non-hydrogen) atoms. The zero-order valence-electron chi connectivity index (χ0n) is 15.5. The highest BCUT2D eigenvalue weighted by Crippen LogP contribution is 2.32. The fraction of sp³-hybridized carbons (Fsp3) is 0.500. The molecule has 1 aromatic carbocycles. The Morgan fingerprint density at radius 1 is 1.30 bits per heavy atom. The average molecular weight is 389 g/mol. The van der Waals surface area contributed by atoms with Gasteiger partial charge in [0.1, 0.15) is 10.7 Å². The molecule has 1 fully saturated rings. The summed E-state index contributed by atoms with van der Waals surface area (Å²) in [7, 11) is 0. The van der Waals surface area contributed by atoms with Gasteiger partial charge < -0.3 is 4.90 Å². The van der Waals surface area contributed by atoms with E-state index in [2.05, 4.69) is 29.4 Å². The Bertz CT molecular complexity index is 828. The van der Waals surface area contributed by atoms with Gasteiger partial charge in [-0.2, -0.15) is 0 Å². The van der Waals surface area contributed by atoms with Gasteiger partial charge in [-0.25, -0.2) is 0 Å². The van der Waals surface area contributed by atoms with E-state index in [0.717, 1.165) is 43.8 Å². The minimum absolute atomic E-state index is 0.0421. The van der Waals surface area contributed by atoms with Gasteiger partial charge >= 0.3 is 0 Å². The van der Waals surface area contributed by atoms with Gasteiger partial charge in [-0.3, -0.25) is 20.2 Å². The number of amides is 1. The lowest BCUT2D eigenvalue weighted by Gasteiger charge is -2.17. The second-order valence-corrected chi connectivity index (χ2v) is 7.58. The lowest BCUT2D eigenvalue weighted by atomic mass is 10.1. The van der Waals surface area contributed by atoms with E-state index in [1.807, 2.05) is 4.90 Å². The summed E-state index contributed by atoms with van der Waals surface area (Å²) in [5.74, 6) is -0.0905. The molecule has 2 heterocycles. The Kier molecular flexibility index (Phi) is 6.00. The molecule has 9 heteroatoms. The van der Waals surface area contributed by atoms with Gasteiger partial charge in [0.25, 0.3) is 11.6 Å². The van der Waals surface area contributed by atoms with Crippen molar-refractivity contribution < 1.29 is 9.72 Å². The lowest BCUT2D eigenvalue weighted by Crippen LogP contribution is -2.19. The smallest absolute Gasteiger partial charge is 0.293 e. The van der Waals surface area contributed by atoms with Gasteiger partial charge in [0, 0.05) is 30.6 Å². The predicted molar refractivity (Wildman–Crippen MR) is 106 cm³/mol. The van der Waals surface area contributed by atoms with Gasteiger partial charge in [0.2, 0.25) is 5.13 Å². The molecule has 1 aliphatic rings. The largest absolute Gasteiger partial charge is 0.366 e. The van der Waals surface area contributed by atoms with Crippen LogP contribution in [0.3, 0.4) is 0 Å². The van der Waals surface area contributed by atoms with Crippen LogP contribution in [0.4, 0.5) is 16.5 Å². The van der Waals surface area contributed by atoms with Crippen molar-refractivity contribution in [1.82, 2.24) is 10.2 Å². The number of rotatable bonds is 7. The summed E-state index contributed by atoms with van der Waals surface area (Å²) in [5.41, 5.74) is 0.768. The minimum atomic E-state index is -0.430. The van der Waals surface area contributed by atoms with Gasteiger partial charge in [-0.1, -0.05) is 25.2 Å².